The lowest BCUT2D eigenvalue weighted by Gasteiger charge is -2.36. The van der Waals surface area contributed by atoms with Crippen molar-refractivity contribution in [1.29, 1.82) is 0 Å². The average Bonchev–Trinajstić information content (AvgIpc) is 3.21. The van der Waals surface area contributed by atoms with Crippen molar-refractivity contribution in [3.63, 3.8) is 0 Å². The van der Waals surface area contributed by atoms with Gasteiger partial charge in [0.1, 0.15) is 12.3 Å². The molecule has 198 valence electrons. The number of hydrogen-bond donors (Lipinski definition) is 0. The Kier molecular flexibility index (Phi) is 7.78. The highest BCUT2D eigenvalue weighted by molar-refractivity contribution is 7.89. The van der Waals surface area contributed by atoms with Gasteiger partial charge in [0.05, 0.1) is 10.6 Å². The van der Waals surface area contributed by atoms with Gasteiger partial charge in [0.25, 0.3) is 5.91 Å². The Balaban J connectivity index is 1.27. The van der Waals surface area contributed by atoms with E-state index in [1.54, 1.807) is 11.0 Å². The van der Waals surface area contributed by atoms with E-state index >= 15 is 0 Å². The summed E-state index contributed by atoms with van der Waals surface area (Å²) in [4.78, 5) is 31.6. The molecule has 5 rings (SSSR count). The third-order valence-electron chi connectivity index (χ3n) is 7.34. The Morgan fingerprint density at radius 3 is 2.27 bits per heavy atom. The van der Waals surface area contributed by atoms with Crippen molar-refractivity contribution in [3.8, 4) is 5.75 Å². The lowest BCUT2D eigenvalue weighted by Crippen LogP contribution is -2.52. The third kappa shape index (κ3) is 5.81. The molecule has 10 heteroatoms. The molecule has 0 spiro atoms. The molecule has 2 aromatic rings. The van der Waals surface area contributed by atoms with Crippen LogP contribution in [0.25, 0.3) is 0 Å². The Hall–Kier alpha value is -2.95. The Morgan fingerprint density at radius 1 is 0.865 bits per heavy atom. The van der Waals surface area contributed by atoms with Gasteiger partial charge in [-0.15, -0.1) is 0 Å². The highest BCUT2D eigenvalue weighted by Gasteiger charge is 2.33. The Bertz CT molecular complexity index is 1220. The number of anilines is 1. The van der Waals surface area contributed by atoms with Crippen molar-refractivity contribution in [2.24, 2.45) is 0 Å². The molecule has 2 saturated heterocycles. The standard InChI is InChI=1S/C27H34N4O5S/c32-26(29-16-14-28(15-17-29)19-22-8-4-3-5-9-22)20-31-24-18-23(10-11-25(24)36-21-27(31)33)37(34,35)30-12-6-1-2-7-13-30/h3-5,8-11,18H,1-2,6-7,12-17,19-21H2. The molecule has 3 heterocycles. The molecule has 2 amide bonds. The van der Waals surface area contributed by atoms with Crippen LogP contribution in [0.1, 0.15) is 31.2 Å². The number of amides is 2. The summed E-state index contributed by atoms with van der Waals surface area (Å²) in [7, 11) is -3.70. The van der Waals surface area contributed by atoms with Crippen molar-refractivity contribution in [3.05, 3.63) is 54.1 Å². The first-order valence-electron chi connectivity index (χ1n) is 13.0. The van der Waals surface area contributed by atoms with Crippen molar-refractivity contribution < 1.29 is 22.7 Å². The zero-order valence-corrected chi connectivity index (χ0v) is 21.9. The maximum atomic E-state index is 13.3. The number of rotatable bonds is 6. The van der Waals surface area contributed by atoms with Crippen molar-refractivity contribution in [2.75, 3.05) is 57.3 Å². The van der Waals surface area contributed by atoms with Crippen molar-refractivity contribution in [1.82, 2.24) is 14.1 Å². The molecule has 0 aromatic heterocycles. The summed E-state index contributed by atoms with van der Waals surface area (Å²) in [6.07, 6.45) is 3.72. The maximum Gasteiger partial charge on any atom is 0.265 e. The maximum absolute atomic E-state index is 13.3. The van der Waals surface area contributed by atoms with Crippen LogP contribution in [-0.4, -0.2) is 86.8 Å². The van der Waals surface area contributed by atoms with E-state index in [4.69, 9.17) is 4.74 Å². The number of benzene rings is 2. The monoisotopic (exact) mass is 526 g/mol. The van der Waals surface area contributed by atoms with Crippen molar-refractivity contribution in [2.45, 2.75) is 37.1 Å². The summed E-state index contributed by atoms with van der Waals surface area (Å²) in [6, 6.07) is 14.8. The largest absolute Gasteiger partial charge is 0.482 e. The minimum Gasteiger partial charge on any atom is -0.482 e. The van der Waals surface area contributed by atoms with E-state index in [-0.39, 0.29) is 29.9 Å². The number of nitrogens with zero attached hydrogens (tertiary/aromatic N) is 4. The number of piperazine rings is 1. The summed E-state index contributed by atoms with van der Waals surface area (Å²) in [5.74, 6) is -0.0934. The van der Waals surface area contributed by atoms with Crippen LogP contribution in [0.2, 0.25) is 0 Å². The van der Waals surface area contributed by atoms with Crippen LogP contribution in [0.15, 0.2) is 53.4 Å². The first-order valence-corrected chi connectivity index (χ1v) is 14.5. The summed E-state index contributed by atoms with van der Waals surface area (Å²) in [5.41, 5.74) is 1.58. The fraction of sp³-hybridized carbons (Fsp3) is 0.481. The number of carbonyl (C=O) groups is 2. The minimum atomic E-state index is -3.70. The van der Waals surface area contributed by atoms with E-state index in [1.165, 1.54) is 26.9 Å². The molecule has 0 aliphatic carbocycles. The molecule has 0 saturated carbocycles. The second-order valence-electron chi connectivity index (χ2n) is 9.86. The molecular weight excluding hydrogens is 492 g/mol. The Labute approximate surface area is 218 Å². The summed E-state index contributed by atoms with van der Waals surface area (Å²) < 4.78 is 33.8. The van der Waals surface area contributed by atoms with Gasteiger partial charge in [-0.25, -0.2) is 8.42 Å². The first-order chi connectivity index (χ1) is 17.9. The number of sulfonamides is 1. The first kappa shape index (κ1) is 25.7. The van der Waals surface area contributed by atoms with Crippen LogP contribution in [0.5, 0.6) is 5.75 Å². The van der Waals surface area contributed by atoms with Crippen LogP contribution in [0.4, 0.5) is 5.69 Å². The van der Waals surface area contributed by atoms with Crippen LogP contribution >= 0.6 is 0 Å². The van der Waals surface area contributed by atoms with E-state index in [2.05, 4.69) is 17.0 Å². The van der Waals surface area contributed by atoms with E-state index in [9.17, 15) is 18.0 Å². The fourth-order valence-corrected chi connectivity index (χ4v) is 6.72. The molecule has 3 aliphatic heterocycles. The van der Waals surface area contributed by atoms with Gasteiger partial charge in [-0.2, -0.15) is 4.31 Å². The smallest absolute Gasteiger partial charge is 0.265 e. The number of carbonyl (C=O) groups excluding carboxylic acids is 2. The Morgan fingerprint density at radius 2 is 1.57 bits per heavy atom. The minimum absolute atomic E-state index is 0.124. The SMILES string of the molecule is O=C(CN1C(=O)COc2ccc(S(=O)(=O)N3CCCCCC3)cc21)N1CCN(Cc2ccccc2)CC1. The molecule has 2 fully saturated rings. The van der Waals surface area contributed by atoms with E-state index in [1.807, 2.05) is 18.2 Å². The van der Waals surface area contributed by atoms with Gasteiger partial charge in [-0.3, -0.25) is 19.4 Å². The number of ether oxygens (including phenoxy) is 1. The molecule has 0 unspecified atom stereocenters. The molecule has 0 radical (unpaired) electrons. The van der Waals surface area contributed by atoms with E-state index < -0.39 is 10.0 Å². The molecule has 0 bridgehead atoms. The van der Waals surface area contributed by atoms with Gasteiger partial charge in [0, 0.05) is 45.8 Å². The number of hydrogen-bond acceptors (Lipinski definition) is 6. The normalized spacial score (nSPS) is 19.7. The van der Waals surface area contributed by atoms with Gasteiger partial charge in [0.2, 0.25) is 15.9 Å². The second-order valence-corrected chi connectivity index (χ2v) is 11.8. The zero-order valence-electron chi connectivity index (χ0n) is 21.0. The molecule has 0 N–H and O–H groups in total. The summed E-state index contributed by atoms with van der Waals surface area (Å²) in [6.45, 7) is 4.19. The third-order valence-corrected chi connectivity index (χ3v) is 9.24. The van der Waals surface area contributed by atoms with Gasteiger partial charge < -0.3 is 9.64 Å². The van der Waals surface area contributed by atoms with Gasteiger partial charge in [0.15, 0.2) is 6.61 Å². The quantitative estimate of drug-likeness (QED) is 0.574. The second kappa shape index (κ2) is 11.2. The van der Waals surface area contributed by atoms with Gasteiger partial charge >= 0.3 is 0 Å². The van der Waals surface area contributed by atoms with Crippen LogP contribution < -0.4 is 9.64 Å². The van der Waals surface area contributed by atoms with E-state index in [0.717, 1.165) is 45.3 Å². The average molecular weight is 527 g/mol. The molecule has 37 heavy (non-hydrogen) atoms. The predicted octanol–water partition coefficient (Wildman–Crippen LogP) is 2.32. The molecule has 9 nitrogen and oxygen atoms in total. The lowest BCUT2D eigenvalue weighted by molar-refractivity contribution is -0.133. The summed E-state index contributed by atoms with van der Waals surface area (Å²) in [5, 5.41) is 0. The van der Waals surface area contributed by atoms with Crippen LogP contribution in [0, 0.1) is 0 Å². The highest BCUT2D eigenvalue weighted by Crippen LogP contribution is 2.35. The summed E-state index contributed by atoms with van der Waals surface area (Å²) >= 11 is 0. The number of fused-ring (bicyclic) bond motifs is 1. The highest BCUT2D eigenvalue weighted by atomic mass is 32.2. The zero-order chi connectivity index (χ0) is 25.8. The topological polar surface area (TPSA) is 90.5 Å². The lowest BCUT2D eigenvalue weighted by atomic mass is 10.2. The predicted molar refractivity (Wildman–Crippen MR) is 140 cm³/mol. The molecular formula is C27H34N4O5S. The van der Waals surface area contributed by atoms with Gasteiger partial charge in [-0.05, 0) is 36.6 Å². The molecule has 3 aliphatic rings. The van der Waals surface area contributed by atoms with Gasteiger partial charge in [-0.1, -0.05) is 43.2 Å². The fourth-order valence-electron chi connectivity index (χ4n) is 5.18. The van der Waals surface area contributed by atoms with Crippen LogP contribution in [-0.2, 0) is 26.2 Å². The van der Waals surface area contributed by atoms with E-state index in [0.29, 0.717) is 37.6 Å². The molecule has 0 atom stereocenters. The molecule has 2 aromatic carbocycles. The van der Waals surface area contributed by atoms with Crippen molar-refractivity contribution >= 4 is 27.5 Å². The van der Waals surface area contributed by atoms with Crippen LogP contribution in [0.3, 0.4) is 0 Å².